The van der Waals surface area contributed by atoms with Crippen LogP contribution in [0.15, 0.2) is 53.6 Å². The van der Waals surface area contributed by atoms with E-state index in [0.717, 1.165) is 17.0 Å². The Kier molecular flexibility index (Phi) is 8.40. The molecule has 0 radical (unpaired) electrons. The predicted molar refractivity (Wildman–Crippen MR) is 144 cm³/mol. The smallest absolute Gasteiger partial charge is 0.414 e. The molecule has 1 aliphatic heterocycles. The molecule has 1 aromatic carbocycles. The van der Waals surface area contributed by atoms with Crippen LogP contribution in [0.5, 0.6) is 0 Å². The number of amides is 4. The number of benzene rings is 1. The van der Waals surface area contributed by atoms with E-state index in [-0.39, 0.29) is 43.3 Å². The molecule has 15 nitrogen and oxygen atoms in total. The average Bonchev–Trinajstić information content (AvgIpc) is 3.75. The summed E-state index contributed by atoms with van der Waals surface area (Å²) in [5.41, 5.74) is -0.446. The summed E-state index contributed by atoms with van der Waals surface area (Å²) in [6, 6.07) is 4.05. The minimum absolute atomic E-state index is 0.0160. The Morgan fingerprint density at radius 1 is 1.12 bits per heavy atom. The Bertz CT molecular complexity index is 1610. The molecule has 43 heavy (non-hydrogen) atoms. The highest BCUT2D eigenvalue weighted by Gasteiger charge is 2.33. The van der Waals surface area contributed by atoms with E-state index >= 15 is 0 Å². The molecule has 17 heteroatoms. The number of nitrogens with one attached hydrogen (secondary N) is 4. The standard InChI is InChI=1S/C26H25F2N9O6/c1-14(34-23(39)19-13-36-8-2-4-31-25(36)35-19)22(38)30-7-6-29-21-17(27)9-15(10-18(21)28)37-12-16(42-26(37)41)11-32-24(40)20-3-5-33-43-20/h2-5,8-10,13-14,16,29H,6-7,11-12H2,1H3,(H,30,38)(H,32,40)(H,34,39)/t14-,16-/m0/s1. The molecule has 3 aromatic heterocycles. The quantitative estimate of drug-likeness (QED) is 0.183. The van der Waals surface area contributed by atoms with Crippen molar-refractivity contribution in [2.75, 3.05) is 36.4 Å². The largest absolute Gasteiger partial charge is 0.442 e. The summed E-state index contributed by atoms with van der Waals surface area (Å²) in [5.74, 6) is -3.29. The number of anilines is 2. The van der Waals surface area contributed by atoms with E-state index in [1.54, 1.807) is 16.7 Å². The lowest BCUT2D eigenvalue weighted by atomic mass is 10.2. The minimum atomic E-state index is -0.973. The van der Waals surface area contributed by atoms with Gasteiger partial charge in [-0.1, -0.05) is 5.16 Å². The summed E-state index contributed by atoms with van der Waals surface area (Å²) in [7, 11) is 0. The number of hydrogen-bond donors (Lipinski definition) is 4. The van der Waals surface area contributed by atoms with E-state index in [2.05, 4.69) is 36.4 Å². The lowest BCUT2D eigenvalue weighted by Gasteiger charge is -2.17. The van der Waals surface area contributed by atoms with Crippen LogP contribution < -0.4 is 26.2 Å². The normalized spacial score (nSPS) is 15.2. The van der Waals surface area contributed by atoms with Crippen LogP contribution in [0.1, 0.15) is 28.0 Å². The van der Waals surface area contributed by atoms with Crippen LogP contribution >= 0.6 is 0 Å². The van der Waals surface area contributed by atoms with Gasteiger partial charge in [0.2, 0.25) is 17.4 Å². The first-order valence-corrected chi connectivity index (χ1v) is 13.0. The summed E-state index contributed by atoms with van der Waals surface area (Å²) >= 11 is 0. The Labute approximate surface area is 241 Å². The molecule has 1 aliphatic rings. The van der Waals surface area contributed by atoms with E-state index in [9.17, 15) is 28.0 Å². The van der Waals surface area contributed by atoms with Crippen LogP contribution in [0.4, 0.5) is 25.0 Å². The average molecular weight is 598 g/mol. The number of cyclic esters (lactones) is 1. The maximum Gasteiger partial charge on any atom is 0.414 e. The zero-order valence-corrected chi connectivity index (χ0v) is 22.5. The van der Waals surface area contributed by atoms with Crippen molar-refractivity contribution in [2.45, 2.75) is 19.1 Å². The molecule has 4 heterocycles. The van der Waals surface area contributed by atoms with E-state index in [0.29, 0.717) is 5.78 Å². The number of ether oxygens (including phenoxy) is 1. The Balaban J connectivity index is 1.08. The van der Waals surface area contributed by atoms with Gasteiger partial charge in [0.15, 0.2) is 11.6 Å². The molecule has 224 valence electrons. The highest BCUT2D eigenvalue weighted by molar-refractivity contribution is 5.96. The first kappa shape index (κ1) is 28.9. The molecule has 4 aromatic rings. The summed E-state index contributed by atoms with van der Waals surface area (Å²) in [5, 5.41) is 13.6. The summed E-state index contributed by atoms with van der Waals surface area (Å²) in [4.78, 5) is 58.3. The lowest BCUT2D eigenvalue weighted by molar-refractivity contribution is -0.122. The van der Waals surface area contributed by atoms with E-state index in [4.69, 9.17) is 9.26 Å². The molecule has 0 unspecified atom stereocenters. The van der Waals surface area contributed by atoms with Crippen molar-refractivity contribution in [3.05, 3.63) is 72.1 Å². The van der Waals surface area contributed by atoms with Gasteiger partial charge in [-0.3, -0.25) is 23.7 Å². The van der Waals surface area contributed by atoms with Crippen molar-refractivity contribution in [3.8, 4) is 0 Å². The number of nitrogens with zero attached hydrogens (tertiary/aromatic N) is 5. The second-order valence-corrected chi connectivity index (χ2v) is 9.35. The maximum atomic E-state index is 14.8. The third-order valence-corrected chi connectivity index (χ3v) is 6.30. The molecular weight excluding hydrogens is 572 g/mol. The molecule has 0 saturated carbocycles. The first-order chi connectivity index (χ1) is 20.7. The van der Waals surface area contributed by atoms with Crippen molar-refractivity contribution in [3.63, 3.8) is 0 Å². The fraction of sp³-hybridized carbons (Fsp3) is 0.269. The van der Waals surface area contributed by atoms with Gasteiger partial charge in [0, 0.05) is 49.9 Å². The Morgan fingerprint density at radius 2 is 1.91 bits per heavy atom. The number of carbonyl (C=O) groups excluding carboxylic acids is 4. The van der Waals surface area contributed by atoms with Crippen molar-refractivity contribution in [1.82, 2.24) is 35.5 Å². The predicted octanol–water partition coefficient (Wildman–Crippen LogP) is 1.10. The molecule has 1 saturated heterocycles. The molecule has 1 fully saturated rings. The third kappa shape index (κ3) is 6.66. The maximum absolute atomic E-state index is 14.8. The molecular formula is C26H25F2N9O6. The second-order valence-electron chi connectivity index (χ2n) is 9.35. The van der Waals surface area contributed by atoms with E-state index in [1.807, 2.05) is 0 Å². The number of hydrogen-bond acceptors (Lipinski definition) is 10. The molecule has 0 spiro atoms. The minimum Gasteiger partial charge on any atom is -0.442 e. The van der Waals surface area contributed by atoms with Gasteiger partial charge in [0.05, 0.1) is 25.0 Å². The summed E-state index contributed by atoms with van der Waals surface area (Å²) in [6.07, 6.45) is 4.39. The fourth-order valence-corrected chi connectivity index (χ4v) is 4.15. The number of imidazole rings is 1. The number of halogens is 2. The third-order valence-electron chi connectivity index (χ3n) is 6.30. The van der Waals surface area contributed by atoms with Crippen LogP contribution in [0.25, 0.3) is 5.78 Å². The molecule has 0 bridgehead atoms. The summed E-state index contributed by atoms with van der Waals surface area (Å²) < 4.78 is 41.1. The zero-order chi connectivity index (χ0) is 30.5. The van der Waals surface area contributed by atoms with Crippen molar-refractivity contribution < 1.29 is 37.2 Å². The highest BCUT2D eigenvalue weighted by atomic mass is 19.1. The van der Waals surface area contributed by atoms with Gasteiger partial charge in [0.1, 0.15) is 23.5 Å². The monoisotopic (exact) mass is 597 g/mol. The number of fused-ring (bicyclic) bond motifs is 1. The zero-order valence-electron chi connectivity index (χ0n) is 22.5. The Hall–Kier alpha value is -5.61. The van der Waals surface area contributed by atoms with Crippen LogP contribution in [-0.4, -0.2) is 81.7 Å². The number of carbonyl (C=O) groups is 4. The van der Waals surface area contributed by atoms with Crippen molar-refractivity contribution in [1.29, 1.82) is 0 Å². The highest BCUT2D eigenvalue weighted by Crippen LogP contribution is 2.28. The van der Waals surface area contributed by atoms with Gasteiger partial charge < -0.3 is 30.5 Å². The van der Waals surface area contributed by atoms with Gasteiger partial charge >= 0.3 is 6.09 Å². The number of rotatable bonds is 11. The van der Waals surface area contributed by atoms with E-state index < -0.39 is 53.3 Å². The van der Waals surface area contributed by atoms with Crippen molar-refractivity contribution >= 4 is 41.0 Å². The lowest BCUT2D eigenvalue weighted by Crippen LogP contribution is -2.46. The Morgan fingerprint density at radius 3 is 2.63 bits per heavy atom. The number of aromatic nitrogens is 4. The SMILES string of the molecule is C[C@H](NC(=O)c1cn2cccnc2n1)C(=O)NCCNc1c(F)cc(N2C[C@H](CNC(=O)c3ccno3)OC2=O)cc1F. The molecule has 4 N–H and O–H groups in total. The molecule has 5 rings (SSSR count). The van der Waals surface area contributed by atoms with Gasteiger partial charge in [-0.15, -0.1) is 0 Å². The van der Waals surface area contributed by atoms with Gasteiger partial charge in [-0.05, 0) is 13.0 Å². The molecule has 2 atom stereocenters. The van der Waals surface area contributed by atoms with Gasteiger partial charge in [-0.25, -0.2) is 23.5 Å². The van der Waals surface area contributed by atoms with Crippen LogP contribution in [0.2, 0.25) is 0 Å². The topological polar surface area (TPSA) is 185 Å². The fourth-order valence-electron chi connectivity index (χ4n) is 4.15. The van der Waals surface area contributed by atoms with Crippen LogP contribution in [-0.2, 0) is 9.53 Å². The summed E-state index contributed by atoms with van der Waals surface area (Å²) in [6.45, 7) is 1.30. The van der Waals surface area contributed by atoms with Gasteiger partial charge in [0.25, 0.3) is 11.8 Å². The van der Waals surface area contributed by atoms with Crippen molar-refractivity contribution in [2.24, 2.45) is 0 Å². The molecule has 4 amide bonds. The van der Waals surface area contributed by atoms with Gasteiger partial charge in [-0.2, -0.15) is 0 Å². The van der Waals surface area contributed by atoms with Crippen LogP contribution in [0.3, 0.4) is 0 Å². The van der Waals surface area contributed by atoms with Crippen LogP contribution in [0, 0.1) is 11.6 Å². The van der Waals surface area contributed by atoms with E-state index in [1.165, 1.54) is 31.6 Å². The molecule has 0 aliphatic carbocycles. The first-order valence-electron chi connectivity index (χ1n) is 13.0. The second kappa shape index (κ2) is 12.5.